The summed E-state index contributed by atoms with van der Waals surface area (Å²) < 4.78 is 0. The minimum Gasteiger partial charge on any atom is -0.480 e. The molecule has 0 aliphatic carbocycles. The highest BCUT2D eigenvalue weighted by molar-refractivity contribution is 7.09. The van der Waals surface area contributed by atoms with Crippen molar-refractivity contribution < 1.29 is 19.5 Å². The molecule has 8 heteroatoms. The van der Waals surface area contributed by atoms with E-state index >= 15 is 0 Å². The van der Waals surface area contributed by atoms with Crippen molar-refractivity contribution >= 4 is 29.2 Å². The summed E-state index contributed by atoms with van der Waals surface area (Å²) in [4.78, 5) is 33.7. The van der Waals surface area contributed by atoms with Crippen LogP contribution in [0.3, 0.4) is 0 Å². The van der Waals surface area contributed by atoms with Crippen LogP contribution in [0.25, 0.3) is 0 Å². The molecule has 3 amide bonds. The Morgan fingerprint density at radius 2 is 1.95 bits per heavy atom. The molecule has 1 aromatic heterocycles. The predicted molar refractivity (Wildman–Crippen MR) is 70.1 cm³/mol. The van der Waals surface area contributed by atoms with Gasteiger partial charge in [-0.1, -0.05) is 6.07 Å². The molecular formula is C11H15N3O4S. The molecule has 0 saturated carbocycles. The summed E-state index contributed by atoms with van der Waals surface area (Å²) in [6.45, 7) is -0.234. The van der Waals surface area contributed by atoms with Gasteiger partial charge in [-0.3, -0.25) is 9.59 Å². The van der Waals surface area contributed by atoms with Gasteiger partial charge in [0.05, 0.1) is 6.54 Å². The maximum Gasteiger partial charge on any atom is 0.322 e. The number of carboxylic acid groups (broad SMARTS) is 1. The van der Waals surface area contributed by atoms with Crippen molar-refractivity contribution in [1.29, 1.82) is 0 Å². The average molecular weight is 285 g/mol. The number of carboxylic acids is 1. The number of carbonyl (C=O) groups is 3. The minimum absolute atomic E-state index is 0.252. The van der Waals surface area contributed by atoms with E-state index in [0.717, 1.165) is 6.42 Å². The van der Waals surface area contributed by atoms with Gasteiger partial charge in [0.25, 0.3) is 0 Å². The number of rotatable bonds is 7. The number of aliphatic carboxylic acids is 1. The SMILES string of the molecule is O=C(O)CNC(=O)CNC(=O)NCCc1cccs1. The Morgan fingerprint density at radius 3 is 2.58 bits per heavy atom. The first-order valence-electron chi connectivity index (χ1n) is 5.60. The number of hydrogen-bond donors (Lipinski definition) is 4. The van der Waals surface area contributed by atoms with E-state index < -0.39 is 24.5 Å². The number of amides is 3. The molecule has 19 heavy (non-hydrogen) atoms. The Kier molecular flexibility index (Phi) is 6.37. The summed E-state index contributed by atoms with van der Waals surface area (Å²) >= 11 is 1.61. The van der Waals surface area contributed by atoms with E-state index in [1.54, 1.807) is 11.3 Å². The van der Waals surface area contributed by atoms with Crippen molar-refractivity contribution in [3.05, 3.63) is 22.4 Å². The second-order valence-corrected chi connectivity index (χ2v) is 4.64. The molecule has 1 rings (SSSR count). The van der Waals surface area contributed by atoms with Crippen molar-refractivity contribution in [3.63, 3.8) is 0 Å². The van der Waals surface area contributed by atoms with Gasteiger partial charge in [0.1, 0.15) is 6.54 Å². The summed E-state index contributed by atoms with van der Waals surface area (Å²) in [7, 11) is 0. The molecule has 7 nitrogen and oxygen atoms in total. The third-order valence-electron chi connectivity index (χ3n) is 2.08. The fraction of sp³-hybridized carbons (Fsp3) is 0.364. The van der Waals surface area contributed by atoms with E-state index in [1.807, 2.05) is 17.5 Å². The van der Waals surface area contributed by atoms with E-state index in [9.17, 15) is 14.4 Å². The van der Waals surface area contributed by atoms with Gasteiger partial charge in [0, 0.05) is 11.4 Å². The molecule has 0 aliphatic heterocycles. The van der Waals surface area contributed by atoms with Gasteiger partial charge in [0.15, 0.2) is 0 Å². The number of thiophene rings is 1. The lowest BCUT2D eigenvalue weighted by atomic mass is 10.3. The first-order valence-corrected chi connectivity index (χ1v) is 6.48. The van der Waals surface area contributed by atoms with E-state index in [-0.39, 0.29) is 6.54 Å². The highest BCUT2D eigenvalue weighted by Crippen LogP contribution is 2.07. The number of urea groups is 1. The van der Waals surface area contributed by atoms with Gasteiger partial charge in [0.2, 0.25) is 5.91 Å². The summed E-state index contributed by atoms with van der Waals surface area (Å²) in [6.07, 6.45) is 0.732. The molecule has 0 fully saturated rings. The molecule has 104 valence electrons. The topological polar surface area (TPSA) is 108 Å². The molecule has 4 N–H and O–H groups in total. The van der Waals surface area contributed by atoms with E-state index in [2.05, 4.69) is 16.0 Å². The minimum atomic E-state index is -1.13. The molecule has 0 unspecified atom stereocenters. The third-order valence-corrected chi connectivity index (χ3v) is 3.02. The zero-order chi connectivity index (χ0) is 14.1. The molecule has 0 saturated heterocycles. The Balaban J connectivity index is 2.07. The highest BCUT2D eigenvalue weighted by atomic mass is 32.1. The van der Waals surface area contributed by atoms with Crippen molar-refractivity contribution in [3.8, 4) is 0 Å². The lowest BCUT2D eigenvalue weighted by Gasteiger charge is -2.06. The van der Waals surface area contributed by atoms with E-state index in [0.29, 0.717) is 6.54 Å². The monoisotopic (exact) mass is 285 g/mol. The van der Waals surface area contributed by atoms with Crippen LogP contribution in [0.4, 0.5) is 4.79 Å². The summed E-state index contributed by atoms with van der Waals surface area (Å²) in [5, 5.41) is 17.4. The van der Waals surface area contributed by atoms with Crippen LogP contribution in [0.15, 0.2) is 17.5 Å². The Labute approximate surface area is 114 Å². The number of hydrogen-bond acceptors (Lipinski definition) is 4. The summed E-state index contributed by atoms with van der Waals surface area (Å²) in [5.41, 5.74) is 0. The number of carbonyl (C=O) groups excluding carboxylic acids is 2. The molecule has 1 aromatic rings. The van der Waals surface area contributed by atoms with Crippen LogP contribution in [0.1, 0.15) is 4.88 Å². The Morgan fingerprint density at radius 1 is 1.16 bits per heavy atom. The second-order valence-electron chi connectivity index (χ2n) is 3.61. The lowest BCUT2D eigenvalue weighted by Crippen LogP contribution is -2.43. The molecule has 0 aliphatic rings. The maximum atomic E-state index is 11.3. The lowest BCUT2D eigenvalue weighted by molar-refractivity contribution is -0.137. The summed E-state index contributed by atoms with van der Waals surface area (Å²) in [6, 6.07) is 3.46. The van der Waals surface area contributed by atoms with Gasteiger partial charge in [-0.15, -0.1) is 11.3 Å². The van der Waals surface area contributed by atoms with Gasteiger partial charge < -0.3 is 21.1 Å². The first-order chi connectivity index (χ1) is 9.08. The fourth-order valence-electron chi connectivity index (χ4n) is 1.21. The van der Waals surface area contributed by atoms with E-state index in [1.165, 1.54) is 4.88 Å². The molecule has 0 spiro atoms. The molecule has 0 bridgehead atoms. The molecule has 0 aromatic carbocycles. The smallest absolute Gasteiger partial charge is 0.322 e. The normalized spacial score (nSPS) is 9.68. The third kappa shape index (κ3) is 7.04. The molecule has 1 heterocycles. The van der Waals surface area contributed by atoms with Crippen LogP contribution in [0, 0.1) is 0 Å². The molecule has 0 radical (unpaired) electrons. The van der Waals surface area contributed by atoms with Crippen molar-refractivity contribution in [2.45, 2.75) is 6.42 Å². The van der Waals surface area contributed by atoms with Crippen molar-refractivity contribution in [1.82, 2.24) is 16.0 Å². The zero-order valence-electron chi connectivity index (χ0n) is 10.1. The standard InChI is InChI=1S/C11H15N3O4S/c15-9(13-7-10(16)17)6-14-11(18)12-4-3-8-2-1-5-19-8/h1-2,5H,3-4,6-7H2,(H,13,15)(H,16,17)(H2,12,14,18). The van der Waals surface area contributed by atoms with Gasteiger partial charge in [-0.25, -0.2) is 4.79 Å². The molecular weight excluding hydrogens is 270 g/mol. The van der Waals surface area contributed by atoms with Gasteiger partial charge >= 0.3 is 12.0 Å². The van der Waals surface area contributed by atoms with Crippen molar-refractivity contribution in [2.24, 2.45) is 0 Å². The van der Waals surface area contributed by atoms with Gasteiger partial charge in [-0.05, 0) is 17.9 Å². The Hall–Kier alpha value is -2.09. The van der Waals surface area contributed by atoms with Crippen LogP contribution >= 0.6 is 11.3 Å². The van der Waals surface area contributed by atoms with Crippen LogP contribution in [0.5, 0.6) is 0 Å². The van der Waals surface area contributed by atoms with Crippen LogP contribution in [-0.2, 0) is 16.0 Å². The van der Waals surface area contributed by atoms with Crippen LogP contribution < -0.4 is 16.0 Å². The first kappa shape index (κ1) is 15.0. The van der Waals surface area contributed by atoms with Crippen molar-refractivity contribution in [2.75, 3.05) is 19.6 Å². The average Bonchev–Trinajstić information content (AvgIpc) is 2.87. The second kappa shape index (κ2) is 8.09. The van der Waals surface area contributed by atoms with Crippen LogP contribution in [0.2, 0.25) is 0 Å². The largest absolute Gasteiger partial charge is 0.480 e. The maximum absolute atomic E-state index is 11.3. The fourth-order valence-corrected chi connectivity index (χ4v) is 1.92. The van der Waals surface area contributed by atoms with Crippen LogP contribution in [-0.4, -0.2) is 42.6 Å². The van der Waals surface area contributed by atoms with E-state index in [4.69, 9.17) is 5.11 Å². The van der Waals surface area contributed by atoms with Gasteiger partial charge in [-0.2, -0.15) is 0 Å². The highest BCUT2D eigenvalue weighted by Gasteiger charge is 2.06. The Bertz CT molecular complexity index is 433. The number of nitrogens with one attached hydrogen (secondary N) is 3. The summed E-state index contributed by atoms with van der Waals surface area (Å²) in [5.74, 6) is -1.68. The zero-order valence-corrected chi connectivity index (χ0v) is 11.0. The quantitative estimate of drug-likeness (QED) is 0.556. The predicted octanol–water partition coefficient (Wildman–Crippen LogP) is -0.209. The molecule has 0 atom stereocenters.